The standard InChI is InChI=1S/C14H10Cl2N2O/c15-11-5-3-10(13(16)8-11)4-6-14(19)18-12-2-1-7-17-9-12/h1-9H,(H,18,19)/b6-4+. The van der Waals surface area contributed by atoms with Crippen molar-refractivity contribution in [1.82, 2.24) is 4.98 Å². The van der Waals surface area contributed by atoms with Crippen LogP contribution in [0.3, 0.4) is 0 Å². The molecule has 0 atom stereocenters. The van der Waals surface area contributed by atoms with Gasteiger partial charge < -0.3 is 5.32 Å². The van der Waals surface area contributed by atoms with Gasteiger partial charge in [-0.1, -0.05) is 29.3 Å². The SMILES string of the molecule is O=C(/C=C/c1ccc(Cl)cc1Cl)Nc1cccnc1. The van der Waals surface area contributed by atoms with E-state index in [0.717, 1.165) is 5.56 Å². The number of hydrogen-bond acceptors (Lipinski definition) is 2. The number of benzene rings is 1. The number of pyridine rings is 1. The monoisotopic (exact) mass is 292 g/mol. The van der Waals surface area contributed by atoms with Crippen molar-refractivity contribution in [1.29, 1.82) is 0 Å². The van der Waals surface area contributed by atoms with Crippen LogP contribution in [0.15, 0.2) is 48.8 Å². The molecule has 3 nitrogen and oxygen atoms in total. The summed E-state index contributed by atoms with van der Waals surface area (Å²) in [5.41, 5.74) is 1.37. The maximum Gasteiger partial charge on any atom is 0.248 e. The molecule has 1 aromatic carbocycles. The van der Waals surface area contributed by atoms with Crippen LogP contribution >= 0.6 is 23.2 Å². The Morgan fingerprint density at radius 2 is 2.11 bits per heavy atom. The van der Waals surface area contributed by atoms with E-state index >= 15 is 0 Å². The first kappa shape index (κ1) is 13.6. The summed E-state index contributed by atoms with van der Waals surface area (Å²) < 4.78 is 0. The smallest absolute Gasteiger partial charge is 0.248 e. The van der Waals surface area contributed by atoms with Crippen molar-refractivity contribution in [3.05, 3.63) is 64.4 Å². The van der Waals surface area contributed by atoms with E-state index in [0.29, 0.717) is 15.7 Å². The van der Waals surface area contributed by atoms with Gasteiger partial charge in [-0.2, -0.15) is 0 Å². The van der Waals surface area contributed by atoms with Crippen LogP contribution in [0.25, 0.3) is 6.08 Å². The molecular weight excluding hydrogens is 283 g/mol. The molecule has 0 spiro atoms. The number of rotatable bonds is 3. The zero-order valence-corrected chi connectivity index (χ0v) is 11.3. The lowest BCUT2D eigenvalue weighted by Gasteiger charge is -2.01. The van der Waals surface area contributed by atoms with Crippen molar-refractivity contribution in [2.75, 3.05) is 5.32 Å². The first-order chi connectivity index (χ1) is 9.15. The molecule has 0 bridgehead atoms. The van der Waals surface area contributed by atoms with Crippen LogP contribution in [0.2, 0.25) is 10.0 Å². The Morgan fingerprint density at radius 3 is 2.79 bits per heavy atom. The average molecular weight is 293 g/mol. The Labute approximate surface area is 120 Å². The van der Waals surface area contributed by atoms with Gasteiger partial charge in [0.05, 0.1) is 11.9 Å². The number of carbonyl (C=O) groups is 1. The van der Waals surface area contributed by atoms with Crippen LogP contribution in [-0.4, -0.2) is 10.9 Å². The first-order valence-electron chi connectivity index (χ1n) is 5.49. The van der Waals surface area contributed by atoms with Gasteiger partial charge in [-0.05, 0) is 35.9 Å². The molecule has 0 aliphatic rings. The Morgan fingerprint density at radius 1 is 1.26 bits per heavy atom. The van der Waals surface area contributed by atoms with Gasteiger partial charge in [0.25, 0.3) is 0 Å². The van der Waals surface area contributed by atoms with Crippen molar-refractivity contribution in [2.24, 2.45) is 0 Å². The highest BCUT2D eigenvalue weighted by Crippen LogP contribution is 2.21. The maximum atomic E-state index is 11.7. The first-order valence-corrected chi connectivity index (χ1v) is 6.25. The molecule has 0 aliphatic carbocycles. The highest BCUT2D eigenvalue weighted by atomic mass is 35.5. The molecule has 1 aromatic heterocycles. The third-order valence-electron chi connectivity index (χ3n) is 2.31. The van der Waals surface area contributed by atoms with E-state index in [-0.39, 0.29) is 5.91 Å². The van der Waals surface area contributed by atoms with Crippen molar-refractivity contribution in [2.45, 2.75) is 0 Å². The van der Waals surface area contributed by atoms with Crippen LogP contribution in [-0.2, 0) is 4.79 Å². The van der Waals surface area contributed by atoms with Crippen molar-refractivity contribution < 1.29 is 4.79 Å². The second kappa shape index (κ2) is 6.36. The molecule has 0 aliphatic heterocycles. The lowest BCUT2D eigenvalue weighted by atomic mass is 10.2. The van der Waals surface area contributed by atoms with Gasteiger partial charge in [-0.3, -0.25) is 9.78 Å². The molecule has 0 saturated heterocycles. The molecule has 2 rings (SSSR count). The van der Waals surface area contributed by atoms with Crippen LogP contribution < -0.4 is 5.32 Å². The zero-order valence-electron chi connectivity index (χ0n) is 9.81. The van der Waals surface area contributed by atoms with Crippen molar-refractivity contribution in [3.8, 4) is 0 Å². The summed E-state index contributed by atoms with van der Waals surface area (Å²) in [7, 11) is 0. The number of anilines is 1. The molecule has 1 heterocycles. The van der Waals surface area contributed by atoms with E-state index in [4.69, 9.17) is 23.2 Å². The Kier molecular flexibility index (Phi) is 4.55. The van der Waals surface area contributed by atoms with E-state index in [1.54, 1.807) is 48.8 Å². The van der Waals surface area contributed by atoms with Crippen LogP contribution in [0.4, 0.5) is 5.69 Å². The molecule has 0 unspecified atom stereocenters. The van der Waals surface area contributed by atoms with Crippen LogP contribution in [0.5, 0.6) is 0 Å². The topological polar surface area (TPSA) is 42.0 Å². The molecule has 5 heteroatoms. The van der Waals surface area contributed by atoms with Gasteiger partial charge >= 0.3 is 0 Å². The third kappa shape index (κ3) is 4.09. The number of nitrogens with one attached hydrogen (secondary N) is 1. The fourth-order valence-corrected chi connectivity index (χ4v) is 1.89. The molecule has 1 amide bonds. The molecule has 0 fully saturated rings. The van der Waals surface area contributed by atoms with Crippen LogP contribution in [0, 0.1) is 0 Å². The number of nitrogens with zero attached hydrogens (tertiary/aromatic N) is 1. The quantitative estimate of drug-likeness (QED) is 0.868. The van der Waals surface area contributed by atoms with E-state index in [9.17, 15) is 4.79 Å². The van der Waals surface area contributed by atoms with Gasteiger partial charge in [0.1, 0.15) is 0 Å². The summed E-state index contributed by atoms with van der Waals surface area (Å²) in [6, 6.07) is 8.59. The Bertz CT molecular complexity index is 612. The maximum absolute atomic E-state index is 11.7. The van der Waals surface area contributed by atoms with Crippen molar-refractivity contribution >= 4 is 40.9 Å². The van der Waals surface area contributed by atoms with E-state index < -0.39 is 0 Å². The summed E-state index contributed by atoms with van der Waals surface area (Å²) in [4.78, 5) is 15.6. The minimum absolute atomic E-state index is 0.251. The van der Waals surface area contributed by atoms with Crippen molar-refractivity contribution in [3.63, 3.8) is 0 Å². The summed E-state index contributed by atoms with van der Waals surface area (Å²) >= 11 is 11.8. The van der Waals surface area contributed by atoms with Gasteiger partial charge in [0.15, 0.2) is 0 Å². The average Bonchev–Trinajstić information content (AvgIpc) is 2.39. The van der Waals surface area contributed by atoms with Gasteiger partial charge in [-0.25, -0.2) is 0 Å². The highest BCUT2D eigenvalue weighted by molar-refractivity contribution is 6.35. The lowest BCUT2D eigenvalue weighted by molar-refractivity contribution is -0.111. The fourth-order valence-electron chi connectivity index (χ4n) is 1.42. The molecule has 96 valence electrons. The molecule has 1 N–H and O–H groups in total. The van der Waals surface area contributed by atoms with E-state index in [2.05, 4.69) is 10.3 Å². The predicted octanol–water partition coefficient (Wildman–Crippen LogP) is 4.04. The van der Waals surface area contributed by atoms with Gasteiger partial charge in [0, 0.05) is 22.3 Å². The lowest BCUT2D eigenvalue weighted by Crippen LogP contribution is -2.07. The van der Waals surface area contributed by atoms with Crippen LogP contribution in [0.1, 0.15) is 5.56 Å². The molecule has 0 saturated carbocycles. The number of hydrogen-bond donors (Lipinski definition) is 1. The zero-order chi connectivity index (χ0) is 13.7. The van der Waals surface area contributed by atoms with E-state index in [1.807, 2.05) is 0 Å². The predicted molar refractivity (Wildman–Crippen MR) is 78.4 cm³/mol. The number of carbonyl (C=O) groups excluding carboxylic acids is 1. The van der Waals surface area contributed by atoms with Gasteiger partial charge in [-0.15, -0.1) is 0 Å². The normalized spacial score (nSPS) is 10.6. The summed E-state index contributed by atoms with van der Waals surface area (Å²) in [6.07, 6.45) is 6.24. The Balaban J connectivity index is 2.04. The number of halogens is 2. The molecule has 2 aromatic rings. The minimum atomic E-state index is -0.251. The summed E-state index contributed by atoms with van der Waals surface area (Å²) in [6.45, 7) is 0. The second-order valence-electron chi connectivity index (χ2n) is 3.73. The summed E-state index contributed by atoms with van der Waals surface area (Å²) in [5, 5.41) is 3.74. The van der Waals surface area contributed by atoms with E-state index in [1.165, 1.54) is 6.08 Å². The highest BCUT2D eigenvalue weighted by Gasteiger charge is 2.00. The number of aromatic nitrogens is 1. The Hall–Kier alpha value is -1.84. The second-order valence-corrected chi connectivity index (χ2v) is 4.57. The number of amides is 1. The fraction of sp³-hybridized carbons (Fsp3) is 0. The largest absolute Gasteiger partial charge is 0.321 e. The molecular formula is C14H10Cl2N2O. The molecule has 19 heavy (non-hydrogen) atoms. The summed E-state index contributed by atoms with van der Waals surface area (Å²) in [5.74, 6) is -0.251. The minimum Gasteiger partial charge on any atom is -0.321 e. The third-order valence-corrected chi connectivity index (χ3v) is 2.87. The molecule has 0 radical (unpaired) electrons. The van der Waals surface area contributed by atoms with Gasteiger partial charge in [0.2, 0.25) is 5.91 Å².